The molecular weight excluding hydrogens is 622 g/mol. The lowest BCUT2D eigenvalue weighted by molar-refractivity contribution is -0.156. The van der Waals surface area contributed by atoms with Crippen LogP contribution < -0.4 is 0 Å². The normalized spacial score (nSPS) is 28.3. The number of fused-ring (bicyclic) bond motifs is 2. The topological polar surface area (TPSA) is 136 Å². The van der Waals surface area contributed by atoms with Gasteiger partial charge in [-0.25, -0.2) is 9.59 Å². The number of carbonyl (C=O) groups is 4. The fourth-order valence-electron chi connectivity index (χ4n) is 4.06. The highest BCUT2D eigenvalue weighted by atomic mass is 35.5. The average molecular weight is 655 g/mol. The number of hydrogen-bond acceptors (Lipinski definition) is 8. The van der Waals surface area contributed by atoms with Crippen LogP contribution in [0.15, 0.2) is 22.2 Å². The lowest BCUT2D eigenvalue weighted by Crippen LogP contribution is -2.45. The fourth-order valence-corrected chi connectivity index (χ4v) is 6.61. The first kappa shape index (κ1) is 36.0. The first-order chi connectivity index (χ1) is 17.7. The summed E-state index contributed by atoms with van der Waals surface area (Å²) in [4.78, 5) is 42.8. The number of Topliss-reactive ketones (excluding diaryl/α,β-unsaturated/α-hetero) is 1. The van der Waals surface area contributed by atoms with Crippen molar-refractivity contribution < 1.29 is 43.6 Å². The Hall–Kier alpha value is -1.07. The third-order valence-electron chi connectivity index (χ3n) is 6.07. The van der Waals surface area contributed by atoms with Crippen LogP contribution in [-0.4, -0.2) is 82.6 Å². The Kier molecular flexibility index (Phi) is 12.7. The van der Waals surface area contributed by atoms with E-state index in [4.69, 9.17) is 77.3 Å². The fraction of sp³-hybridized carbons (Fsp3) is 0.680. The summed E-state index contributed by atoms with van der Waals surface area (Å²) in [5.74, 6) is -5.20. The lowest BCUT2D eigenvalue weighted by atomic mass is 9.79. The quantitative estimate of drug-likeness (QED) is 0.188. The second-order valence-electron chi connectivity index (χ2n) is 10.9. The molecule has 14 heteroatoms. The molecule has 2 aliphatic carbocycles. The van der Waals surface area contributed by atoms with Crippen molar-refractivity contribution in [1.82, 2.24) is 0 Å². The predicted octanol–water partition coefficient (Wildman–Crippen LogP) is 4.49. The minimum atomic E-state index is -1.61. The highest BCUT2D eigenvalue weighted by Crippen LogP contribution is 2.69. The molecular formula is C25H33Cl5O9. The molecule has 0 aromatic heterocycles. The minimum Gasteiger partial charge on any atom is -0.478 e. The van der Waals surface area contributed by atoms with E-state index in [1.165, 1.54) is 6.92 Å². The maximum Gasteiger partial charge on any atom is 0.331 e. The molecule has 0 aromatic carbocycles. The van der Waals surface area contributed by atoms with Crippen molar-refractivity contribution in [3.63, 3.8) is 0 Å². The van der Waals surface area contributed by atoms with Crippen molar-refractivity contribution in [3.05, 3.63) is 22.2 Å². The molecule has 0 heterocycles. The standard InChI is InChI=1S/C15H17Cl5O4.C10H16O5/c1-6(22)7-8(11(23)24-5-13(2,3)4-21)15(20)10(17)9(16)14(7,19)12(15)18;1-10(2,6-14-3)7-15-9(13)5-4-8(11)12/h7-8,12,21H,4-5H2,1-3H3;4-5H,6-7H2,1-3H3,(H,11,12). The largest absolute Gasteiger partial charge is 0.478 e. The molecule has 222 valence electrons. The number of aliphatic hydroxyl groups excluding tert-OH is 1. The van der Waals surface area contributed by atoms with Gasteiger partial charge in [-0.15, -0.1) is 34.8 Å². The van der Waals surface area contributed by atoms with E-state index in [1.54, 1.807) is 21.0 Å². The summed E-state index contributed by atoms with van der Waals surface area (Å²) in [7, 11) is 1.56. The van der Waals surface area contributed by atoms with Gasteiger partial charge in [0.25, 0.3) is 0 Å². The Morgan fingerprint density at radius 1 is 0.897 bits per heavy atom. The van der Waals surface area contributed by atoms with Crippen LogP contribution >= 0.6 is 58.0 Å². The number of methoxy groups -OCH3 is 1. The zero-order valence-electron chi connectivity index (χ0n) is 22.4. The molecule has 1 fully saturated rings. The Balaban J connectivity index is 0.000000439. The average Bonchev–Trinajstić information content (AvgIpc) is 3.10. The van der Waals surface area contributed by atoms with E-state index in [1.807, 2.05) is 13.8 Å². The molecule has 2 bridgehead atoms. The number of aliphatic carboxylic acids is 1. The smallest absolute Gasteiger partial charge is 0.331 e. The molecule has 2 rings (SSSR count). The van der Waals surface area contributed by atoms with Gasteiger partial charge in [-0.3, -0.25) is 9.59 Å². The molecule has 0 saturated heterocycles. The molecule has 0 aliphatic heterocycles. The number of allylic oxidation sites excluding steroid dienone is 2. The molecule has 0 aromatic rings. The van der Waals surface area contributed by atoms with Crippen LogP contribution in [0, 0.1) is 22.7 Å². The summed E-state index contributed by atoms with van der Waals surface area (Å²) < 4.78 is 15.1. The minimum absolute atomic E-state index is 0.0132. The number of carbonyl (C=O) groups excluding carboxylic acids is 3. The van der Waals surface area contributed by atoms with Crippen LogP contribution in [-0.2, 0) is 33.4 Å². The highest BCUT2D eigenvalue weighted by molar-refractivity contribution is 6.56. The number of esters is 2. The molecule has 1 saturated carbocycles. The van der Waals surface area contributed by atoms with E-state index in [0.717, 1.165) is 12.2 Å². The maximum atomic E-state index is 12.7. The van der Waals surface area contributed by atoms with E-state index >= 15 is 0 Å². The van der Waals surface area contributed by atoms with Crippen LogP contribution in [0.25, 0.3) is 0 Å². The summed E-state index contributed by atoms with van der Waals surface area (Å²) >= 11 is 31.9. The zero-order valence-corrected chi connectivity index (χ0v) is 26.1. The Bertz CT molecular complexity index is 1030. The van der Waals surface area contributed by atoms with E-state index < -0.39 is 50.3 Å². The van der Waals surface area contributed by atoms with Crippen molar-refractivity contribution >= 4 is 81.7 Å². The summed E-state index contributed by atoms with van der Waals surface area (Å²) in [6.07, 6.45) is 1.62. The summed E-state index contributed by atoms with van der Waals surface area (Å²) in [5.41, 5.74) is -0.920. The summed E-state index contributed by atoms with van der Waals surface area (Å²) in [5, 5.41) is 16.4. The zero-order chi connectivity index (χ0) is 30.6. The predicted molar refractivity (Wildman–Crippen MR) is 148 cm³/mol. The number of halogens is 5. The van der Waals surface area contributed by atoms with Crippen molar-refractivity contribution in [2.24, 2.45) is 22.7 Å². The first-order valence-corrected chi connectivity index (χ1v) is 13.6. The molecule has 9 nitrogen and oxygen atoms in total. The Morgan fingerprint density at radius 3 is 1.82 bits per heavy atom. The number of hydrogen-bond donors (Lipinski definition) is 2. The SMILES string of the molecule is CC(=O)C1C(C(=O)OCC(C)(C)CO)C2(Cl)C(Cl)=C(Cl)C1(Cl)C2Cl.COCC(C)(C)COC(=O)C=CC(=O)O. The monoisotopic (exact) mass is 652 g/mol. The number of ketones is 1. The molecule has 0 radical (unpaired) electrons. The van der Waals surface area contributed by atoms with E-state index in [2.05, 4.69) is 0 Å². The number of carboxylic acids is 1. The third-order valence-corrected chi connectivity index (χ3v) is 9.56. The van der Waals surface area contributed by atoms with Crippen LogP contribution in [0.3, 0.4) is 0 Å². The highest BCUT2D eigenvalue weighted by Gasteiger charge is 2.77. The maximum absolute atomic E-state index is 12.7. The number of alkyl halides is 3. The Labute approximate surface area is 252 Å². The molecule has 5 unspecified atom stereocenters. The molecule has 5 atom stereocenters. The van der Waals surface area contributed by atoms with E-state index in [9.17, 15) is 24.3 Å². The van der Waals surface area contributed by atoms with Gasteiger partial charge in [0, 0.05) is 30.1 Å². The molecule has 39 heavy (non-hydrogen) atoms. The molecule has 2 N–H and O–H groups in total. The summed E-state index contributed by atoms with van der Waals surface area (Å²) in [6, 6.07) is 0. The second kappa shape index (κ2) is 13.7. The van der Waals surface area contributed by atoms with Gasteiger partial charge in [0.05, 0.1) is 53.7 Å². The second-order valence-corrected chi connectivity index (χ2v) is 13.3. The number of aliphatic hydroxyl groups is 1. The Morgan fingerprint density at radius 2 is 1.38 bits per heavy atom. The van der Waals surface area contributed by atoms with Gasteiger partial charge in [-0.05, 0) is 6.92 Å². The van der Waals surface area contributed by atoms with Gasteiger partial charge in [-0.2, -0.15) is 0 Å². The van der Waals surface area contributed by atoms with Crippen LogP contribution in [0.2, 0.25) is 0 Å². The van der Waals surface area contributed by atoms with Crippen molar-refractivity contribution in [3.8, 4) is 0 Å². The first-order valence-electron chi connectivity index (χ1n) is 11.7. The molecule has 0 spiro atoms. The van der Waals surface area contributed by atoms with E-state index in [-0.39, 0.29) is 41.1 Å². The van der Waals surface area contributed by atoms with Crippen LogP contribution in [0.1, 0.15) is 34.6 Å². The van der Waals surface area contributed by atoms with Gasteiger partial charge in [0.15, 0.2) is 0 Å². The molecule has 2 aliphatic rings. The lowest BCUT2D eigenvalue weighted by Gasteiger charge is -2.34. The van der Waals surface area contributed by atoms with Gasteiger partial charge in [-0.1, -0.05) is 50.9 Å². The van der Waals surface area contributed by atoms with E-state index in [0.29, 0.717) is 6.61 Å². The van der Waals surface area contributed by atoms with Crippen molar-refractivity contribution in [2.75, 3.05) is 33.5 Å². The van der Waals surface area contributed by atoms with Crippen LogP contribution in [0.5, 0.6) is 0 Å². The van der Waals surface area contributed by atoms with Crippen molar-refractivity contribution in [1.29, 1.82) is 0 Å². The molecule has 0 amide bonds. The summed E-state index contributed by atoms with van der Waals surface area (Å²) in [6.45, 7) is 8.89. The van der Waals surface area contributed by atoms with Crippen LogP contribution in [0.4, 0.5) is 0 Å². The van der Waals surface area contributed by atoms with Gasteiger partial charge < -0.3 is 24.4 Å². The van der Waals surface area contributed by atoms with Gasteiger partial charge >= 0.3 is 17.9 Å². The van der Waals surface area contributed by atoms with Gasteiger partial charge in [0.1, 0.15) is 15.5 Å². The van der Waals surface area contributed by atoms with Gasteiger partial charge in [0.2, 0.25) is 0 Å². The number of carboxylic acid groups (broad SMARTS) is 1. The number of rotatable bonds is 11. The van der Waals surface area contributed by atoms with Crippen molar-refractivity contribution in [2.45, 2.75) is 49.7 Å². The number of ether oxygens (including phenoxy) is 3. The third kappa shape index (κ3) is 8.03.